The van der Waals surface area contributed by atoms with Gasteiger partial charge in [-0.15, -0.1) is 0 Å². The largest absolute Gasteiger partial charge is 0.314 e. The molecule has 0 aromatic heterocycles. The number of hydrogen-bond acceptors (Lipinski definition) is 2. The van der Waals surface area contributed by atoms with Crippen LogP contribution in [0.5, 0.6) is 0 Å². The maximum Gasteiger partial charge on any atom is 0.244 e. The molecule has 0 bridgehead atoms. The molecule has 1 atom stereocenters. The summed E-state index contributed by atoms with van der Waals surface area (Å²) in [6.07, 6.45) is 1.45. The fraction of sp³-hybridized carbons (Fsp3) is 0.467. The predicted octanol–water partition coefficient (Wildman–Crippen LogP) is 3.21. The first-order chi connectivity index (χ1) is 8.49. The number of hydrogen-bond donors (Lipinski definition) is 0. The van der Waals surface area contributed by atoms with Crippen molar-refractivity contribution in [2.75, 3.05) is 11.9 Å². The number of amides is 1. The molecule has 96 valence electrons. The topological polar surface area (TPSA) is 44.1 Å². The molecule has 1 unspecified atom stereocenters. The van der Waals surface area contributed by atoms with Crippen LogP contribution in [0, 0.1) is 31.1 Å². The fourth-order valence-electron chi connectivity index (χ4n) is 2.04. The van der Waals surface area contributed by atoms with E-state index in [1.807, 2.05) is 32.9 Å². The van der Waals surface area contributed by atoms with Gasteiger partial charge in [0.2, 0.25) is 5.91 Å². The van der Waals surface area contributed by atoms with E-state index in [1.165, 1.54) is 0 Å². The Morgan fingerprint density at radius 1 is 1.33 bits per heavy atom. The molecular weight excluding hydrogens is 224 g/mol. The van der Waals surface area contributed by atoms with E-state index in [0.29, 0.717) is 6.42 Å². The molecule has 0 spiro atoms. The second kappa shape index (κ2) is 6.20. The molecule has 0 saturated carbocycles. The van der Waals surface area contributed by atoms with Gasteiger partial charge in [-0.05, 0) is 43.5 Å². The molecule has 3 nitrogen and oxygen atoms in total. The zero-order valence-electron chi connectivity index (χ0n) is 11.5. The first-order valence-electron chi connectivity index (χ1n) is 6.25. The van der Waals surface area contributed by atoms with E-state index in [2.05, 4.69) is 12.1 Å². The average Bonchev–Trinajstić information content (AvgIpc) is 2.33. The summed E-state index contributed by atoms with van der Waals surface area (Å²) in [6.45, 7) is 5.99. The summed E-state index contributed by atoms with van der Waals surface area (Å²) >= 11 is 0. The van der Waals surface area contributed by atoms with Gasteiger partial charge in [0.05, 0.1) is 6.07 Å². The van der Waals surface area contributed by atoms with Crippen LogP contribution in [0.4, 0.5) is 5.69 Å². The van der Waals surface area contributed by atoms with Crippen LogP contribution in [-0.4, -0.2) is 13.0 Å². The van der Waals surface area contributed by atoms with Gasteiger partial charge < -0.3 is 4.90 Å². The van der Waals surface area contributed by atoms with Gasteiger partial charge in [0, 0.05) is 12.7 Å². The van der Waals surface area contributed by atoms with Gasteiger partial charge in [-0.1, -0.05) is 19.4 Å². The lowest BCUT2D eigenvalue weighted by Crippen LogP contribution is -2.32. The van der Waals surface area contributed by atoms with E-state index >= 15 is 0 Å². The average molecular weight is 244 g/mol. The van der Waals surface area contributed by atoms with E-state index in [4.69, 9.17) is 5.26 Å². The molecule has 0 aliphatic rings. The minimum absolute atomic E-state index is 0.121. The van der Waals surface area contributed by atoms with Crippen LogP contribution in [0.15, 0.2) is 18.2 Å². The van der Waals surface area contributed by atoms with Gasteiger partial charge in [0.15, 0.2) is 0 Å². The molecule has 1 aromatic rings. The van der Waals surface area contributed by atoms with E-state index in [9.17, 15) is 4.79 Å². The highest BCUT2D eigenvalue weighted by Gasteiger charge is 2.21. The van der Waals surface area contributed by atoms with Crippen LogP contribution in [0.25, 0.3) is 0 Å². The Morgan fingerprint density at radius 2 is 1.89 bits per heavy atom. The Hall–Kier alpha value is -1.82. The summed E-state index contributed by atoms with van der Waals surface area (Å²) in [4.78, 5) is 13.8. The van der Waals surface area contributed by atoms with E-state index in [-0.39, 0.29) is 5.91 Å². The number of nitriles is 1. The van der Waals surface area contributed by atoms with Crippen molar-refractivity contribution in [3.8, 4) is 6.07 Å². The molecule has 0 saturated heterocycles. The molecule has 0 fully saturated rings. The standard InChI is InChI=1S/C15H20N2O/c1-5-6-13(10-16)15(18)17(4)14-8-11(2)7-12(3)9-14/h7-9,13H,5-6H2,1-4H3. The Morgan fingerprint density at radius 3 is 2.33 bits per heavy atom. The minimum Gasteiger partial charge on any atom is -0.314 e. The molecule has 0 heterocycles. The van der Waals surface area contributed by atoms with Crippen LogP contribution >= 0.6 is 0 Å². The summed E-state index contributed by atoms with van der Waals surface area (Å²) < 4.78 is 0. The third-order valence-corrected chi connectivity index (χ3v) is 2.96. The van der Waals surface area contributed by atoms with Gasteiger partial charge in [-0.3, -0.25) is 4.79 Å². The zero-order chi connectivity index (χ0) is 13.7. The van der Waals surface area contributed by atoms with E-state index < -0.39 is 5.92 Å². The maximum atomic E-state index is 12.2. The van der Waals surface area contributed by atoms with E-state index in [1.54, 1.807) is 11.9 Å². The molecule has 0 aliphatic carbocycles. The zero-order valence-corrected chi connectivity index (χ0v) is 11.5. The van der Waals surface area contributed by atoms with Gasteiger partial charge >= 0.3 is 0 Å². The molecule has 3 heteroatoms. The fourth-order valence-corrected chi connectivity index (χ4v) is 2.04. The lowest BCUT2D eigenvalue weighted by Gasteiger charge is -2.21. The molecule has 0 radical (unpaired) electrons. The van der Waals surface area contributed by atoms with Crippen molar-refractivity contribution in [3.63, 3.8) is 0 Å². The van der Waals surface area contributed by atoms with Gasteiger partial charge in [-0.25, -0.2) is 0 Å². The number of carbonyl (C=O) groups is 1. The molecular formula is C15H20N2O. The Bertz CT molecular complexity index is 454. The van der Waals surface area contributed by atoms with Crippen LogP contribution in [0.1, 0.15) is 30.9 Å². The van der Waals surface area contributed by atoms with Crippen molar-refractivity contribution in [3.05, 3.63) is 29.3 Å². The number of aryl methyl sites for hydroxylation is 2. The number of rotatable bonds is 4. The molecule has 0 aliphatic heterocycles. The Balaban J connectivity index is 2.95. The third-order valence-electron chi connectivity index (χ3n) is 2.96. The second-order valence-electron chi connectivity index (χ2n) is 4.71. The molecule has 1 amide bonds. The van der Waals surface area contributed by atoms with Gasteiger partial charge in [-0.2, -0.15) is 5.26 Å². The Kier molecular flexibility index (Phi) is 4.91. The summed E-state index contributed by atoms with van der Waals surface area (Å²) in [5, 5.41) is 9.04. The number of benzene rings is 1. The first-order valence-corrected chi connectivity index (χ1v) is 6.25. The van der Waals surface area contributed by atoms with Gasteiger partial charge in [0.25, 0.3) is 0 Å². The highest BCUT2D eigenvalue weighted by atomic mass is 16.2. The van der Waals surface area contributed by atoms with Crippen molar-refractivity contribution in [1.82, 2.24) is 0 Å². The molecule has 1 aromatic carbocycles. The van der Waals surface area contributed by atoms with Gasteiger partial charge in [0.1, 0.15) is 5.92 Å². The lowest BCUT2D eigenvalue weighted by atomic mass is 10.0. The summed E-state index contributed by atoms with van der Waals surface area (Å²) in [6, 6.07) is 8.08. The summed E-state index contributed by atoms with van der Waals surface area (Å²) in [5.41, 5.74) is 3.09. The van der Waals surface area contributed by atoms with Crippen LogP contribution < -0.4 is 4.90 Å². The molecule has 18 heavy (non-hydrogen) atoms. The number of anilines is 1. The normalized spacial score (nSPS) is 11.7. The van der Waals surface area contributed by atoms with Crippen LogP contribution in [0.3, 0.4) is 0 Å². The van der Waals surface area contributed by atoms with Crippen LogP contribution in [-0.2, 0) is 4.79 Å². The lowest BCUT2D eigenvalue weighted by molar-refractivity contribution is -0.120. The smallest absolute Gasteiger partial charge is 0.244 e. The highest BCUT2D eigenvalue weighted by molar-refractivity contribution is 5.96. The number of nitrogens with zero attached hydrogens (tertiary/aromatic N) is 2. The second-order valence-corrected chi connectivity index (χ2v) is 4.71. The van der Waals surface area contributed by atoms with Crippen molar-refractivity contribution in [2.24, 2.45) is 5.92 Å². The summed E-state index contributed by atoms with van der Waals surface area (Å²) in [7, 11) is 1.73. The van der Waals surface area contributed by atoms with Crippen molar-refractivity contribution in [2.45, 2.75) is 33.6 Å². The maximum absolute atomic E-state index is 12.2. The predicted molar refractivity (Wildman–Crippen MR) is 73.3 cm³/mol. The third kappa shape index (κ3) is 3.33. The van der Waals surface area contributed by atoms with Crippen LogP contribution in [0.2, 0.25) is 0 Å². The van der Waals surface area contributed by atoms with E-state index in [0.717, 1.165) is 23.2 Å². The van der Waals surface area contributed by atoms with Crippen molar-refractivity contribution in [1.29, 1.82) is 5.26 Å². The first kappa shape index (κ1) is 14.2. The monoisotopic (exact) mass is 244 g/mol. The minimum atomic E-state index is -0.541. The highest BCUT2D eigenvalue weighted by Crippen LogP contribution is 2.20. The molecule has 1 rings (SSSR count). The van der Waals surface area contributed by atoms with Crippen molar-refractivity contribution < 1.29 is 4.79 Å². The summed E-state index contributed by atoms with van der Waals surface area (Å²) in [5.74, 6) is -0.662. The quantitative estimate of drug-likeness (QED) is 0.816. The molecule has 0 N–H and O–H groups in total. The Labute approximate surface area is 109 Å². The van der Waals surface area contributed by atoms with Crippen molar-refractivity contribution >= 4 is 11.6 Å². The number of carbonyl (C=O) groups excluding carboxylic acids is 1. The SMILES string of the molecule is CCCC(C#N)C(=O)N(C)c1cc(C)cc(C)c1.